The van der Waals surface area contributed by atoms with Crippen LogP contribution in [-0.4, -0.2) is 62.6 Å². The smallest absolute Gasteiger partial charge is 0.372 e. The third-order valence-corrected chi connectivity index (χ3v) is 0.972. The Morgan fingerprint density at radius 3 is 1.47 bits per heavy atom. The fourth-order valence-corrected chi connectivity index (χ4v) is 0.271. The van der Waals surface area contributed by atoms with Gasteiger partial charge in [0.15, 0.2) is 0 Å². The molecule has 0 amide bonds. The zero-order valence-electron chi connectivity index (χ0n) is 7.66. The number of hydrogen-bond donors (Lipinski definition) is 5. The summed E-state index contributed by atoms with van der Waals surface area (Å²) in [5.74, 6) is -4.44. The minimum atomic E-state index is -1.71. The Hall–Kier alpha value is -1.51. The summed E-state index contributed by atoms with van der Waals surface area (Å²) in [6.07, 6.45) is -1.90. The lowest BCUT2D eigenvalue weighted by molar-refractivity contribution is -0.152. The van der Waals surface area contributed by atoms with E-state index in [-0.39, 0.29) is 13.2 Å². The molecule has 0 atom stereocenters. The van der Waals surface area contributed by atoms with Crippen LogP contribution < -0.4 is 0 Å². The summed E-state index contributed by atoms with van der Waals surface area (Å²) in [5.41, 5.74) is 0. The zero-order valence-corrected chi connectivity index (χ0v) is 7.66. The van der Waals surface area contributed by atoms with Crippen molar-refractivity contribution in [1.82, 2.24) is 0 Å². The summed E-state index contributed by atoms with van der Waals surface area (Å²) < 4.78 is 0. The van der Waals surface area contributed by atoms with E-state index in [1.807, 2.05) is 0 Å². The van der Waals surface area contributed by atoms with Crippen LogP contribution in [0.1, 0.15) is 6.42 Å². The van der Waals surface area contributed by atoms with Crippen molar-refractivity contribution >= 4 is 17.7 Å². The van der Waals surface area contributed by atoms with Crippen molar-refractivity contribution in [3.63, 3.8) is 0 Å². The van der Waals surface area contributed by atoms with Gasteiger partial charge in [-0.1, -0.05) is 0 Å². The molecule has 88 valence electrons. The molecule has 0 rings (SSSR count). The van der Waals surface area contributed by atoms with Gasteiger partial charge in [-0.25, -0.2) is 4.79 Å². The molecule has 0 aromatic heterocycles. The lowest BCUT2D eigenvalue weighted by Crippen LogP contribution is -2.16. The minimum Gasteiger partial charge on any atom is -0.481 e. The molecule has 8 nitrogen and oxygen atoms in total. The van der Waals surface area contributed by atoms with E-state index in [2.05, 4.69) is 0 Å². The first-order valence-corrected chi connectivity index (χ1v) is 3.72. The van der Waals surface area contributed by atoms with Crippen molar-refractivity contribution in [1.29, 1.82) is 0 Å². The Balaban J connectivity index is 0. The quantitative estimate of drug-likeness (QED) is 0.252. The second kappa shape index (κ2) is 9.06. The van der Waals surface area contributed by atoms with E-state index in [1.165, 1.54) is 0 Å². The molecule has 0 saturated carbocycles. The van der Waals surface area contributed by atoms with Gasteiger partial charge in [-0.15, -0.1) is 0 Å². The van der Waals surface area contributed by atoms with Gasteiger partial charge in [0.2, 0.25) is 0 Å². The van der Waals surface area contributed by atoms with Crippen LogP contribution in [0.2, 0.25) is 0 Å². The second-order valence-corrected chi connectivity index (χ2v) is 2.32. The Bertz CT molecular complexity index is 219. The number of carboxylic acids is 2. The van der Waals surface area contributed by atoms with E-state index in [1.54, 1.807) is 0 Å². The maximum absolute atomic E-state index is 9.97. The monoisotopic (exact) mass is 224 g/mol. The molecule has 0 saturated heterocycles. The fraction of sp³-hybridized carbons (Fsp3) is 0.571. The molecule has 0 radical (unpaired) electrons. The van der Waals surface area contributed by atoms with Crippen molar-refractivity contribution in [3.05, 3.63) is 0 Å². The number of carbonyl (C=O) groups is 3. The van der Waals surface area contributed by atoms with Crippen molar-refractivity contribution in [2.24, 2.45) is 0 Å². The Morgan fingerprint density at radius 2 is 1.40 bits per heavy atom. The number of carboxylic acid groups (broad SMARTS) is 2. The number of rotatable bonds is 5. The van der Waals surface area contributed by atoms with Crippen LogP contribution in [0.15, 0.2) is 0 Å². The second-order valence-electron chi connectivity index (χ2n) is 2.32. The van der Waals surface area contributed by atoms with Crippen molar-refractivity contribution in [2.75, 3.05) is 13.2 Å². The summed E-state index contributed by atoms with van der Waals surface area (Å²) in [6, 6.07) is 0. The number of Topliss-reactive ketones (excluding diaryl/α,β-unsaturated/α-hetero) is 1. The lowest BCUT2D eigenvalue weighted by Gasteiger charge is -1.96. The minimum absolute atomic E-state index is 0.365. The first-order valence-electron chi connectivity index (χ1n) is 3.72. The van der Waals surface area contributed by atoms with Gasteiger partial charge in [-0.05, 0) is 0 Å². The highest BCUT2D eigenvalue weighted by Crippen LogP contribution is 1.81. The van der Waals surface area contributed by atoms with Gasteiger partial charge in [0.05, 0.1) is 13.2 Å². The third-order valence-electron chi connectivity index (χ3n) is 0.972. The van der Waals surface area contributed by atoms with E-state index in [0.717, 1.165) is 0 Å². The molecular weight excluding hydrogens is 212 g/mol. The molecule has 0 aliphatic carbocycles. The summed E-state index contributed by atoms with van der Waals surface area (Å²) in [4.78, 5) is 29.2. The molecular formula is C7H12O8. The number of hydrogen-bond acceptors (Lipinski definition) is 6. The number of carbonyl (C=O) groups excluding carboxylic acids is 1. The van der Waals surface area contributed by atoms with Crippen molar-refractivity contribution in [2.45, 2.75) is 12.5 Å². The molecule has 5 N–H and O–H groups in total. The first kappa shape index (κ1) is 15.9. The Kier molecular flexibility index (Phi) is 9.63. The SMILES string of the molecule is O=C(O)CC(=O)C(=O)O.OCC(O)CO. The summed E-state index contributed by atoms with van der Waals surface area (Å²) >= 11 is 0. The largest absolute Gasteiger partial charge is 0.481 e. The lowest BCUT2D eigenvalue weighted by atomic mass is 10.3. The van der Waals surface area contributed by atoms with Gasteiger partial charge < -0.3 is 25.5 Å². The molecule has 0 aromatic rings. The maximum Gasteiger partial charge on any atom is 0.372 e. The van der Waals surface area contributed by atoms with E-state index >= 15 is 0 Å². The van der Waals surface area contributed by atoms with Crippen LogP contribution in [0.3, 0.4) is 0 Å². The van der Waals surface area contributed by atoms with Gasteiger partial charge in [0.1, 0.15) is 12.5 Å². The molecule has 0 aliphatic heterocycles. The Labute approximate surface area is 84.4 Å². The number of aliphatic hydroxyl groups excluding tert-OH is 3. The van der Waals surface area contributed by atoms with Gasteiger partial charge in [-0.2, -0.15) is 0 Å². The van der Waals surface area contributed by atoms with Gasteiger partial charge in [-0.3, -0.25) is 9.59 Å². The van der Waals surface area contributed by atoms with Crippen LogP contribution >= 0.6 is 0 Å². The highest BCUT2D eigenvalue weighted by molar-refractivity contribution is 6.35. The molecule has 0 fully saturated rings. The molecule has 0 aliphatic rings. The average molecular weight is 224 g/mol. The van der Waals surface area contributed by atoms with E-state index in [9.17, 15) is 14.4 Å². The van der Waals surface area contributed by atoms with Crippen LogP contribution in [0.4, 0.5) is 0 Å². The van der Waals surface area contributed by atoms with Crippen molar-refractivity contribution in [3.8, 4) is 0 Å². The topological polar surface area (TPSA) is 152 Å². The normalized spacial score (nSPS) is 9.07. The summed E-state index contributed by atoms with van der Waals surface area (Å²) in [5, 5.41) is 39.7. The van der Waals surface area contributed by atoms with E-state index in [0.29, 0.717) is 0 Å². The van der Waals surface area contributed by atoms with Crippen LogP contribution in [0.5, 0.6) is 0 Å². The standard InChI is InChI=1S/C4H4O5.C3H8O3/c5-2(4(8)9)1-3(6)7;4-1-3(6)2-5/h1H2,(H,6,7)(H,8,9);3-6H,1-2H2. The number of ketones is 1. The molecule has 0 heterocycles. The van der Waals surface area contributed by atoms with Gasteiger partial charge >= 0.3 is 11.9 Å². The first-order chi connectivity index (χ1) is 6.84. The van der Waals surface area contributed by atoms with Crippen molar-refractivity contribution < 1.29 is 39.9 Å². The molecule has 0 spiro atoms. The molecule has 8 heteroatoms. The molecule has 0 unspecified atom stereocenters. The van der Waals surface area contributed by atoms with Gasteiger partial charge in [0.25, 0.3) is 5.78 Å². The zero-order chi connectivity index (χ0) is 12.4. The third kappa shape index (κ3) is 12.5. The highest BCUT2D eigenvalue weighted by atomic mass is 16.4. The number of aliphatic hydroxyl groups is 3. The maximum atomic E-state index is 9.97. The van der Waals surface area contributed by atoms with Gasteiger partial charge in [0, 0.05) is 0 Å². The van der Waals surface area contributed by atoms with E-state index in [4.69, 9.17) is 25.5 Å². The summed E-state index contributed by atoms with van der Waals surface area (Å²) in [6.45, 7) is -0.729. The average Bonchev–Trinajstić information content (AvgIpc) is 2.16. The fourth-order valence-electron chi connectivity index (χ4n) is 0.271. The molecule has 0 aromatic carbocycles. The Morgan fingerprint density at radius 1 is 1.00 bits per heavy atom. The highest BCUT2D eigenvalue weighted by Gasteiger charge is 2.14. The predicted molar refractivity (Wildman–Crippen MR) is 45.1 cm³/mol. The summed E-state index contributed by atoms with van der Waals surface area (Å²) in [7, 11) is 0. The molecule has 15 heavy (non-hydrogen) atoms. The van der Waals surface area contributed by atoms with Crippen LogP contribution in [-0.2, 0) is 14.4 Å². The number of aliphatic carboxylic acids is 2. The van der Waals surface area contributed by atoms with E-state index < -0.39 is 30.2 Å². The van der Waals surface area contributed by atoms with Crippen LogP contribution in [0.25, 0.3) is 0 Å². The predicted octanol–water partition coefficient (Wildman–Crippen LogP) is -2.55. The van der Waals surface area contributed by atoms with Crippen LogP contribution in [0, 0.1) is 0 Å². The molecule has 0 bridgehead atoms.